The molecule has 5 heteroatoms. The molecule has 0 fully saturated rings. The first-order chi connectivity index (χ1) is 11.6. The summed E-state index contributed by atoms with van der Waals surface area (Å²) in [5.74, 6) is 0.848. The standard InChI is InChI=1S/C19H21N3OS/c1-14-3-9-18(10-4-14)23-13-15(2)21-19(24)22-17-7-5-16(6-8-17)11-12-20/h3-10,15H,11,13H2,1-2H3,(H2,21,22,24)/t15-/m0/s1. The third kappa shape index (κ3) is 5.90. The Morgan fingerprint density at radius 1 is 1.17 bits per heavy atom. The molecular formula is C19H21N3OS. The van der Waals surface area contributed by atoms with Crippen LogP contribution in [-0.2, 0) is 6.42 Å². The van der Waals surface area contributed by atoms with Crippen LogP contribution in [0.5, 0.6) is 5.75 Å². The molecule has 124 valence electrons. The highest BCUT2D eigenvalue weighted by Gasteiger charge is 2.06. The highest BCUT2D eigenvalue weighted by molar-refractivity contribution is 7.80. The second-order valence-electron chi connectivity index (χ2n) is 5.66. The second kappa shape index (κ2) is 8.90. The summed E-state index contributed by atoms with van der Waals surface area (Å²) < 4.78 is 5.74. The van der Waals surface area contributed by atoms with Gasteiger partial charge in [0.05, 0.1) is 18.5 Å². The molecule has 0 saturated heterocycles. The molecule has 0 radical (unpaired) electrons. The molecule has 0 heterocycles. The summed E-state index contributed by atoms with van der Waals surface area (Å²) in [6, 6.07) is 17.8. The fraction of sp³-hybridized carbons (Fsp3) is 0.263. The van der Waals surface area contributed by atoms with Crippen LogP contribution in [0.25, 0.3) is 0 Å². The van der Waals surface area contributed by atoms with Gasteiger partial charge in [-0.15, -0.1) is 0 Å². The number of nitriles is 1. The fourth-order valence-electron chi connectivity index (χ4n) is 2.09. The minimum absolute atomic E-state index is 0.0733. The van der Waals surface area contributed by atoms with Gasteiger partial charge in [0, 0.05) is 5.69 Å². The van der Waals surface area contributed by atoms with E-state index >= 15 is 0 Å². The predicted molar refractivity (Wildman–Crippen MR) is 101 cm³/mol. The van der Waals surface area contributed by atoms with Crippen LogP contribution in [0.15, 0.2) is 48.5 Å². The minimum atomic E-state index is 0.0733. The number of nitrogens with one attached hydrogen (secondary N) is 2. The van der Waals surface area contributed by atoms with Crippen molar-refractivity contribution in [1.82, 2.24) is 5.32 Å². The van der Waals surface area contributed by atoms with Crippen LogP contribution in [0, 0.1) is 18.3 Å². The van der Waals surface area contributed by atoms with Crippen molar-refractivity contribution < 1.29 is 4.74 Å². The third-order valence-corrected chi connectivity index (χ3v) is 3.61. The molecule has 0 saturated carbocycles. The number of rotatable bonds is 6. The van der Waals surface area contributed by atoms with Crippen molar-refractivity contribution >= 4 is 23.0 Å². The highest BCUT2D eigenvalue weighted by atomic mass is 32.1. The molecule has 2 rings (SSSR count). The molecule has 0 amide bonds. The lowest BCUT2D eigenvalue weighted by Crippen LogP contribution is -2.39. The summed E-state index contributed by atoms with van der Waals surface area (Å²) in [4.78, 5) is 0. The molecule has 0 aliphatic rings. The molecular weight excluding hydrogens is 318 g/mol. The summed E-state index contributed by atoms with van der Waals surface area (Å²) in [6.45, 7) is 4.58. The lowest BCUT2D eigenvalue weighted by atomic mass is 10.1. The average Bonchev–Trinajstić information content (AvgIpc) is 2.56. The lowest BCUT2D eigenvalue weighted by molar-refractivity contribution is 0.287. The molecule has 2 aromatic carbocycles. The van der Waals surface area contributed by atoms with E-state index in [1.165, 1.54) is 5.56 Å². The Morgan fingerprint density at radius 2 is 1.83 bits per heavy atom. The van der Waals surface area contributed by atoms with Gasteiger partial charge in [-0.3, -0.25) is 0 Å². The summed E-state index contributed by atoms with van der Waals surface area (Å²) >= 11 is 5.31. The van der Waals surface area contributed by atoms with Gasteiger partial charge in [-0.1, -0.05) is 29.8 Å². The van der Waals surface area contributed by atoms with Crippen molar-refractivity contribution in [1.29, 1.82) is 5.26 Å². The molecule has 0 unspecified atom stereocenters. The van der Waals surface area contributed by atoms with Crippen LogP contribution in [0.1, 0.15) is 18.1 Å². The van der Waals surface area contributed by atoms with Gasteiger partial charge in [-0.25, -0.2) is 0 Å². The SMILES string of the molecule is Cc1ccc(OC[C@H](C)NC(=S)Nc2ccc(CC#N)cc2)cc1. The van der Waals surface area contributed by atoms with Gasteiger partial charge in [0.1, 0.15) is 12.4 Å². The molecule has 0 bridgehead atoms. The van der Waals surface area contributed by atoms with E-state index in [1.54, 1.807) is 0 Å². The van der Waals surface area contributed by atoms with Gasteiger partial charge in [-0.2, -0.15) is 5.26 Å². The van der Waals surface area contributed by atoms with E-state index in [4.69, 9.17) is 22.2 Å². The van der Waals surface area contributed by atoms with Crippen molar-refractivity contribution in [2.75, 3.05) is 11.9 Å². The fourth-order valence-corrected chi connectivity index (χ4v) is 2.40. The summed E-state index contributed by atoms with van der Waals surface area (Å²) in [5.41, 5.74) is 3.09. The number of thiocarbonyl (C=S) groups is 1. The van der Waals surface area contributed by atoms with E-state index in [1.807, 2.05) is 62.4 Å². The van der Waals surface area contributed by atoms with Crippen LogP contribution in [0.3, 0.4) is 0 Å². The third-order valence-electron chi connectivity index (χ3n) is 3.39. The zero-order chi connectivity index (χ0) is 17.4. The molecule has 0 aromatic heterocycles. The maximum atomic E-state index is 8.67. The van der Waals surface area contributed by atoms with Crippen molar-refractivity contribution in [3.63, 3.8) is 0 Å². The first kappa shape index (κ1) is 17.8. The first-order valence-corrected chi connectivity index (χ1v) is 8.20. The Morgan fingerprint density at radius 3 is 2.46 bits per heavy atom. The van der Waals surface area contributed by atoms with E-state index < -0.39 is 0 Å². The van der Waals surface area contributed by atoms with Gasteiger partial charge in [-0.05, 0) is 55.9 Å². The van der Waals surface area contributed by atoms with Gasteiger partial charge in [0.25, 0.3) is 0 Å². The van der Waals surface area contributed by atoms with Crippen molar-refractivity contribution in [3.8, 4) is 11.8 Å². The largest absolute Gasteiger partial charge is 0.491 e. The smallest absolute Gasteiger partial charge is 0.171 e. The molecule has 2 aromatic rings. The van der Waals surface area contributed by atoms with Gasteiger partial charge in [0.2, 0.25) is 0 Å². The highest BCUT2D eigenvalue weighted by Crippen LogP contribution is 2.12. The number of hydrogen-bond acceptors (Lipinski definition) is 3. The van der Waals surface area contributed by atoms with Crippen molar-refractivity contribution in [2.24, 2.45) is 0 Å². The Balaban J connectivity index is 1.76. The number of anilines is 1. The minimum Gasteiger partial charge on any atom is -0.491 e. The Bertz CT molecular complexity index is 705. The predicted octanol–water partition coefficient (Wildman–Crippen LogP) is 3.82. The molecule has 0 aliphatic carbocycles. The number of aryl methyl sites for hydroxylation is 1. The molecule has 0 spiro atoms. The lowest BCUT2D eigenvalue weighted by Gasteiger charge is -2.18. The second-order valence-corrected chi connectivity index (χ2v) is 6.06. The van der Waals surface area contributed by atoms with Crippen molar-refractivity contribution in [2.45, 2.75) is 26.3 Å². The first-order valence-electron chi connectivity index (χ1n) is 7.79. The Labute approximate surface area is 148 Å². The van der Waals surface area contributed by atoms with Crippen LogP contribution in [-0.4, -0.2) is 17.8 Å². The number of nitrogens with zero attached hydrogens (tertiary/aromatic N) is 1. The van der Waals surface area contributed by atoms with Crippen LogP contribution in [0.2, 0.25) is 0 Å². The van der Waals surface area contributed by atoms with Crippen LogP contribution < -0.4 is 15.4 Å². The Kier molecular flexibility index (Phi) is 6.59. The maximum absolute atomic E-state index is 8.67. The zero-order valence-electron chi connectivity index (χ0n) is 13.9. The molecule has 4 nitrogen and oxygen atoms in total. The van der Waals surface area contributed by atoms with Crippen molar-refractivity contribution in [3.05, 3.63) is 59.7 Å². The number of benzene rings is 2. The number of ether oxygens (including phenoxy) is 1. The van der Waals surface area contributed by atoms with E-state index in [0.29, 0.717) is 18.1 Å². The topological polar surface area (TPSA) is 57.1 Å². The monoisotopic (exact) mass is 339 g/mol. The van der Waals surface area contributed by atoms with Gasteiger partial charge >= 0.3 is 0 Å². The van der Waals surface area contributed by atoms with Crippen LogP contribution in [0.4, 0.5) is 5.69 Å². The molecule has 1 atom stereocenters. The van der Waals surface area contributed by atoms with Gasteiger partial charge in [0.15, 0.2) is 5.11 Å². The molecule has 2 N–H and O–H groups in total. The quantitative estimate of drug-likeness (QED) is 0.784. The molecule has 0 aliphatic heterocycles. The van der Waals surface area contributed by atoms with Crippen LogP contribution >= 0.6 is 12.2 Å². The summed E-state index contributed by atoms with van der Waals surface area (Å²) in [7, 11) is 0. The van der Waals surface area contributed by atoms with Gasteiger partial charge < -0.3 is 15.4 Å². The summed E-state index contributed by atoms with van der Waals surface area (Å²) in [5, 5.41) is 15.5. The van der Waals surface area contributed by atoms with E-state index in [0.717, 1.165) is 17.0 Å². The Hall–Kier alpha value is -2.58. The zero-order valence-corrected chi connectivity index (χ0v) is 14.7. The van der Waals surface area contributed by atoms with E-state index in [9.17, 15) is 0 Å². The summed E-state index contributed by atoms with van der Waals surface area (Å²) in [6.07, 6.45) is 0.413. The maximum Gasteiger partial charge on any atom is 0.171 e. The average molecular weight is 339 g/mol. The van der Waals surface area contributed by atoms with E-state index in [-0.39, 0.29) is 6.04 Å². The van der Waals surface area contributed by atoms with E-state index in [2.05, 4.69) is 16.7 Å². The number of hydrogen-bond donors (Lipinski definition) is 2. The normalized spacial score (nSPS) is 11.2. The molecule has 24 heavy (non-hydrogen) atoms.